The number of rotatable bonds is 5. The van der Waals surface area contributed by atoms with Crippen molar-refractivity contribution < 1.29 is 4.79 Å². The van der Waals surface area contributed by atoms with Crippen LogP contribution in [0.2, 0.25) is 0 Å². The van der Waals surface area contributed by atoms with Gasteiger partial charge in [-0.25, -0.2) is 9.97 Å². The van der Waals surface area contributed by atoms with E-state index in [1.165, 1.54) is 24.2 Å². The number of hydrogen-bond donors (Lipinski definition) is 2. The van der Waals surface area contributed by atoms with Crippen LogP contribution >= 0.6 is 11.3 Å². The van der Waals surface area contributed by atoms with Crippen molar-refractivity contribution in [1.82, 2.24) is 20.3 Å². The van der Waals surface area contributed by atoms with E-state index in [0.29, 0.717) is 18.2 Å². The van der Waals surface area contributed by atoms with E-state index in [1.54, 1.807) is 12.4 Å². The highest BCUT2D eigenvalue weighted by Crippen LogP contribution is 2.25. The summed E-state index contributed by atoms with van der Waals surface area (Å²) in [5.74, 6) is 0.359. The van der Waals surface area contributed by atoms with Crippen LogP contribution in [0.15, 0.2) is 36.0 Å². The van der Waals surface area contributed by atoms with Gasteiger partial charge in [0.25, 0.3) is 5.91 Å². The first-order valence-corrected chi connectivity index (χ1v) is 9.36. The van der Waals surface area contributed by atoms with Crippen LogP contribution < -0.4 is 10.6 Å². The molecular weight excluding hydrogens is 334 g/mol. The zero-order valence-corrected chi connectivity index (χ0v) is 14.6. The van der Waals surface area contributed by atoms with E-state index in [0.717, 1.165) is 28.6 Å². The van der Waals surface area contributed by atoms with E-state index in [2.05, 4.69) is 25.6 Å². The minimum absolute atomic E-state index is 0.105. The Kier molecular flexibility index (Phi) is 4.56. The summed E-state index contributed by atoms with van der Waals surface area (Å²) in [7, 11) is 0. The molecule has 1 saturated carbocycles. The molecular formula is C18H19N5OS. The Morgan fingerprint density at radius 2 is 2.12 bits per heavy atom. The molecule has 1 aliphatic carbocycles. The molecule has 0 spiro atoms. The average molecular weight is 353 g/mol. The zero-order chi connectivity index (χ0) is 17.1. The van der Waals surface area contributed by atoms with Crippen molar-refractivity contribution in [3.8, 4) is 0 Å². The molecule has 1 aliphatic rings. The Labute approximate surface area is 149 Å². The summed E-state index contributed by atoms with van der Waals surface area (Å²) in [6.45, 7) is 0.563. The normalized spacial score (nSPS) is 14.7. The molecule has 1 fully saturated rings. The maximum Gasteiger partial charge on any atom is 0.271 e. The van der Waals surface area contributed by atoms with Gasteiger partial charge >= 0.3 is 0 Å². The summed E-state index contributed by atoms with van der Waals surface area (Å²) in [6, 6.07) is 6.06. The number of hydrogen-bond acceptors (Lipinski definition) is 6. The van der Waals surface area contributed by atoms with Crippen molar-refractivity contribution in [3.05, 3.63) is 47.2 Å². The Morgan fingerprint density at radius 3 is 2.92 bits per heavy atom. The summed E-state index contributed by atoms with van der Waals surface area (Å²) in [5, 5.41) is 8.25. The predicted molar refractivity (Wildman–Crippen MR) is 98.7 cm³/mol. The van der Waals surface area contributed by atoms with Crippen LogP contribution in [0, 0.1) is 0 Å². The molecule has 0 unspecified atom stereocenters. The van der Waals surface area contributed by atoms with Gasteiger partial charge in [-0.3, -0.25) is 9.78 Å². The van der Waals surface area contributed by atoms with Gasteiger partial charge in [0.2, 0.25) is 5.95 Å². The largest absolute Gasteiger partial charge is 0.350 e. The fraction of sp³-hybridized carbons (Fsp3) is 0.333. The van der Waals surface area contributed by atoms with E-state index >= 15 is 0 Å². The molecule has 0 saturated heterocycles. The second-order valence-corrected chi connectivity index (χ2v) is 7.12. The van der Waals surface area contributed by atoms with Gasteiger partial charge in [-0.15, -0.1) is 11.3 Å². The van der Waals surface area contributed by atoms with Gasteiger partial charge in [-0.05, 0) is 35.9 Å². The molecule has 0 bridgehead atoms. The van der Waals surface area contributed by atoms with Crippen molar-refractivity contribution >= 4 is 33.4 Å². The van der Waals surface area contributed by atoms with E-state index in [9.17, 15) is 4.79 Å². The van der Waals surface area contributed by atoms with Crippen LogP contribution in [0.1, 0.15) is 41.7 Å². The molecule has 1 amide bonds. The van der Waals surface area contributed by atoms with Crippen molar-refractivity contribution in [2.45, 2.75) is 38.3 Å². The molecule has 3 aromatic heterocycles. The molecule has 0 aromatic carbocycles. The first-order chi connectivity index (χ1) is 12.3. The monoisotopic (exact) mass is 353 g/mol. The number of nitrogens with zero attached hydrogens (tertiary/aromatic N) is 3. The van der Waals surface area contributed by atoms with Crippen molar-refractivity contribution in [2.75, 3.05) is 5.32 Å². The van der Waals surface area contributed by atoms with E-state index in [1.807, 2.05) is 23.6 Å². The third kappa shape index (κ3) is 3.61. The second-order valence-electron chi connectivity index (χ2n) is 6.20. The third-order valence-electron chi connectivity index (χ3n) is 4.38. The number of amides is 1. The zero-order valence-electron chi connectivity index (χ0n) is 13.7. The smallest absolute Gasteiger partial charge is 0.271 e. The van der Waals surface area contributed by atoms with Gasteiger partial charge in [0, 0.05) is 25.0 Å². The number of fused-ring (bicyclic) bond motifs is 1. The van der Waals surface area contributed by atoms with Gasteiger partial charge in [0.05, 0.1) is 10.2 Å². The maximum atomic E-state index is 12.7. The molecule has 4 rings (SSSR count). The van der Waals surface area contributed by atoms with E-state index in [4.69, 9.17) is 0 Å². The minimum atomic E-state index is -0.105. The highest BCUT2D eigenvalue weighted by atomic mass is 32.1. The van der Waals surface area contributed by atoms with Crippen LogP contribution in [0.3, 0.4) is 0 Å². The second kappa shape index (κ2) is 7.14. The third-order valence-corrected chi connectivity index (χ3v) is 5.29. The number of anilines is 1. The van der Waals surface area contributed by atoms with Crippen LogP contribution in [-0.2, 0) is 6.54 Å². The molecule has 3 heterocycles. The number of thiophene rings is 1. The summed E-state index contributed by atoms with van der Waals surface area (Å²) < 4.78 is 0.836. The molecule has 0 radical (unpaired) electrons. The quantitative estimate of drug-likeness (QED) is 0.735. The molecule has 128 valence electrons. The Morgan fingerprint density at radius 1 is 1.24 bits per heavy atom. The highest BCUT2D eigenvalue weighted by Gasteiger charge is 2.21. The Balaban J connectivity index is 1.57. The summed E-state index contributed by atoms with van der Waals surface area (Å²) in [4.78, 5) is 25.8. The van der Waals surface area contributed by atoms with Crippen LogP contribution in [0.5, 0.6) is 0 Å². The predicted octanol–water partition coefficient (Wildman–Crippen LogP) is 3.37. The number of aromatic nitrogens is 3. The van der Waals surface area contributed by atoms with Crippen molar-refractivity contribution in [2.24, 2.45) is 0 Å². The first-order valence-electron chi connectivity index (χ1n) is 8.48. The Hall–Kier alpha value is -2.54. The molecule has 7 heteroatoms. The molecule has 3 aromatic rings. The molecule has 0 aliphatic heterocycles. The fourth-order valence-corrected chi connectivity index (χ4v) is 3.92. The summed E-state index contributed by atoms with van der Waals surface area (Å²) in [6.07, 6.45) is 8.00. The first kappa shape index (κ1) is 16.0. The SMILES string of the molecule is O=C(NC1CCCC1)c1nc(NCc2cccnc2)nc2ccsc12. The van der Waals surface area contributed by atoms with Gasteiger partial charge in [-0.1, -0.05) is 18.9 Å². The van der Waals surface area contributed by atoms with Crippen LogP contribution in [-0.4, -0.2) is 26.9 Å². The lowest BCUT2D eigenvalue weighted by molar-refractivity contribution is 0.0935. The number of carbonyl (C=O) groups excluding carboxylic acids is 1. The summed E-state index contributed by atoms with van der Waals surface area (Å²) in [5.41, 5.74) is 2.29. The number of pyridine rings is 1. The number of nitrogens with one attached hydrogen (secondary N) is 2. The van der Waals surface area contributed by atoms with E-state index in [-0.39, 0.29) is 11.9 Å². The molecule has 25 heavy (non-hydrogen) atoms. The molecule has 0 atom stereocenters. The van der Waals surface area contributed by atoms with Gasteiger partial charge < -0.3 is 10.6 Å². The standard InChI is InChI=1S/C18H19N5OS/c24-17(21-13-5-1-2-6-13)15-16-14(7-9-25-16)22-18(23-15)20-11-12-4-3-8-19-10-12/h3-4,7-10,13H,1-2,5-6,11H2,(H,21,24)(H,20,22,23). The number of carbonyl (C=O) groups is 1. The van der Waals surface area contributed by atoms with E-state index < -0.39 is 0 Å². The average Bonchev–Trinajstić information content (AvgIpc) is 3.31. The van der Waals surface area contributed by atoms with Gasteiger partial charge in [-0.2, -0.15) is 0 Å². The van der Waals surface area contributed by atoms with Crippen LogP contribution in [0.25, 0.3) is 10.2 Å². The lowest BCUT2D eigenvalue weighted by atomic mass is 10.2. The summed E-state index contributed by atoms with van der Waals surface area (Å²) >= 11 is 1.50. The molecule has 2 N–H and O–H groups in total. The molecule has 6 nitrogen and oxygen atoms in total. The van der Waals surface area contributed by atoms with Crippen molar-refractivity contribution in [3.63, 3.8) is 0 Å². The fourth-order valence-electron chi connectivity index (χ4n) is 3.10. The Bertz CT molecular complexity index is 874. The topological polar surface area (TPSA) is 79.8 Å². The minimum Gasteiger partial charge on any atom is -0.350 e. The highest BCUT2D eigenvalue weighted by molar-refractivity contribution is 7.17. The van der Waals surface area contributed by atoms with Crippen molar-refractivity contribution in [1.29, 1.82) is 0 Å². The van der Waals surface area contributed by atoms with Gasteiger partial charge in [0.15, 0.2) is 5.69 Å². The van der Waals surface area contributed by atoms with Crippen LogP contribution in [0.4, 0.5) is 5.95 Å². The lowest BCUT2D eigenvalue weighted by Gasteiger charge is -2.13. The lowest BCUT2D eigenvalue weighted by Crippen LogP contribution is -2.33. The maximum absolute atomic E-state index is 12.7. The van der Waals surface area contributed by atoms with Gasteiger partial charge in [0.1, 0.15) is 0 Å².